The van der Waals surface area contributed by atoms with Gasteiger partial charge < -0.3 is 15.0 Å². The first-order valence-electron chi connectivity index (χ1n) is 9.76. The number of benzene rings is 1. The average molecular weight is 487 g/mol. The number of morpholine rings is 1. The van der Waals surface area contributed by atoms with Crippen LogP contribution in [0.5, 0.6) is 0 Å². The molecule has 11 heteroatoms. The first-order valence-corrected chi connectivity index (χ1v) is 11.3. The summed E-state index contributed by atoms with van der Waals surface area (Å²) in [6.45, 7) is 2.13. The molecule has 0 radical (unpaired) electrons. The lowest BCUT2D eigenvalue weighted by Gasteiger charge is -2.26. The molecule has 0 unspecified atom stereocenters. The number of amides is 1. The number of rotatable bonds is 4. The molecule has 4 aromatic rings. The van der Waals surface area contributed by atoms with E-state index in [1.807, 2.05) is 6.07 Å². The van der Waals surface area contributed by atoms with Crippen LogP contribution in [0.1, 0.15) is 10.5 Å². The van der Waals surface area contributed by atoms with Gasteiger partial charge in [0, 0.05) is 30.9 Å². The van der Waals surface area contributed by atoms with Crippen molar-refractivity contribution in [3.63, 3.8) is 0 Å². The van der Waals surface area contributed by atoms with Gasteiger partial charge in [-0.05, 0) is 18.2 Å². The maximum atomic E-state index is 12.7. The van der Waals surface area contributed by atoms with Crippen LogP contribution in [0.2, 0.25) is 10.0 Å². The number of anilines is 2. The molecule has 4 heterocycles. The van der Waals surface area contributed by atoms with Gasteiger partial charge in [-0.15, -0.1) is 11.3 Å². The van der Waals surface area contributed by atoms with Crippen molar-refractivity contribution in [3.8, 4) is 10.6 Å². The van der Waals surface area contributed by atoms with Crippen molar-refractivity contribution in [1.82, 2.24) is 24.8 Å². The van der Waals surface area contributed by atoms with E-state index < -0.39 is 0 Å². The van der Waals surface area contributed by atoms with Crippen LogP contribution in [0.3, 0.4) is 0 Å². The second kappa shape index (κ2) is 8.95. The number of nitrogens with zero attached hydrogens (tertiary/aromatic N) is 5. The van der Waals surface area contributed by atoms with E-state index in [0.717, 1.165) is 10.2 Å². The normalized spacial score (nSPS) is 14.0. The summed E-state index contributed by atoms with van der Waals surface area (Å²) in [5, 5.41) is 4.94. The monoisotopic (exact) mass is 486 g/mol. The minimum atomic E-state index is -0.154. The Morgan fingerprint density at radius 2 is 1.88 bits per heavy atom. The van der Waals surface area contributed by atoms with Gasteiger partial charge in [0.15, 0.2) is 5.82 Å². The third kappa shape index (κ3) is 4.12. The number of pyridine rings is 1. The largest absolute Gasteiger partial charge is 0.378 e. The number of halogens is 2. The van der Waals surface area contributed by atoms with E-state index in [-0.39, 0.29) is 5.91 Å². The van der Waals surface area contributed by atoms with Crippen LogP contribution in [-0.2, 0) is 4.74 Å². The van der Waals surface area contributed by atoms with E-state index in [0.29, 0.717) is 64.2 Å². The SMILES string of the molecule is O=C(c1cc(Nc2nccc3nc(-c4c(Cl)cccc4Cl)sc23)ncn1)N1CCOCC1. The Morgan fingerprint density at radius 3 is 2.66 bits per heavy atom. The number of carbonyl (C=O) groups excluding carboxylic acids is 1. The van der Waals surface area contributed by atoms with Gasteiger partial charge in [-0.2, -0.15) is 0 Å². The molecular weight excluding hydrogens is 471 g/mol. The quantitative estimate of drug-likeness (QED) is 0.447. The zero-order chi connectivity index (χ0) is 22.1. The van der Waals surface area contributed by atoms with Crippen LogP contribution in [-0.4, -0.2) is 57.0 Å². The summed E-state index contributed by atoms with van der Waals surface area (Å²) in [7, 11) is 0. The molecule has 0 saturated carbocycles. The van der Waals surface area contributed by atoms with Crippen molar-refractivity contribution in [2.75, 3.05) is 31.6 Å². The Bertz CT molecular complexity index is 1290. The highest BCUT2D eigenvalue weighted by Crippen LogP contribution is 2.40. The number of aromatic nitrogens is 4. The lowest BCUT2D eigenvalue weighted by molar-refractivity contribution is 0.0299. The first kappa shape index (κ1) is 21.0. The van der Waals surface area contributed by atoms with E-state index in [1.54, 1.807) is 35.4 Å². The van der Waals surface area contributed by atoms with Gasteiger partial charge in [0.25, 0.3) is 5.91 Å². The van der Waals surface area contributed by atoms with Crippen molar-refractivity contribution in [2.24, 2.45) is 0 Å². The zero-order valence-corrected chi connectivity index (χ0v) is 18.9. The summed E-state index contributed by atoms with van der Waals surface area (Å²) < 4.78 is 6.13. The minimum Gasteiger partial charge on any atom is -0.378 e. The van der Waals surface area contributed by atoms with Gasteiger partial charge in [0.2, 0.25) is 0 Å². The molecule has 1 aliphatic heterocycles. The van der Waals surface area contributed by atoms with Gasteiger partial charge >= 0.3 is 0 Å². The number of carbonyl (C=O) groups is 1. The van der Waals surface area contributed by atoms with E-state index in [1.165, 1.54) is 17.7 Å². The van der Waals surface area contributed by atoms with Crippen molar-refractivity contribution in [1.29, 1.82) is 0 Å². The third-order valence-corrected chi connectivity index (χ3v) is 6.64. The van der Waals surface area contributed by atoms with Crippen LogP contribution in [0, 0.1) is 0 Å². The highest BCUT2D eigenvalue weighted by molar-refractivity contribution is 7.22. The number of hydrogen-bond acceptors (Lipinski definition) is 8. The molecular formula is C21H16Cl2N6O2S. The topological polar surface area (TPSA) is 93.1 Å². The predicted molar refractivity (Wildman–Crippen MR) is 125 cm³/mol. The summed E-state index contributed by atoms with van der Waals surface area (Å²) in [6.07, 6.45) is 3.02. The maximum absolute atomic E-state index is 12.7. The van der Waals surface area contributed by atoms with Gasteiger partial charge in [-0.1, -0.05) is 29.3 Å². The summed E-state index contributed by atoms with van der Waals surface area (Å²) in [4.78, 5) is 32.0. The lowest BCUT2D eigenvalue weighted by atomic mass is 10.2. The second-order valence-corrected chi connectivity index (χ2v) is 8.76. The maximum Gasteiger partial charge on any atom is 0.272 e. The molecule has 0 aliphatic carbocycles. The summed E-state index contributed by atoms with van der Waals surface area (Å²) >= 11 is 14.1. The number of nitrogens with one attached hydrogen (secondary N) is 1. The first-order chi connectivity index (χ1) is 15.6. The molecule has 5 rings (SSSR count). The van der Waals surface area contributed by atoms with Crippen molar-refractivity contribution in [2.45, 2.75) is 0 Å². The number of hydrogen-bond donors (Lipinski definition) is 1. The third-order valence-electron chi connectivity index (χ3n) is 4.91. The molecule has 0 spiro atoms. The van der Waals surface area contributed by atoms with Crippen LogP contribution in [0.15, 0.2) is 42.9 Å². The molecule has 32 heavy (non-hydrogen) atoms. The number of ether oxygens (including phenoxy) is 1. The standard InChI is InChI=1S/C21H16Cl2N6O2S/c22-12-2-1-3-13(23)17(12)20-27-14-4-5-24-19(18(14)32-20)28-16-10-15(25-11-26-16)21(30)29-6-8-31-9-7-29/h1-5,10-11H,6-9H2,(H,24,25,26,28). The summed E-state index contributed by atoms with van der Waals surface area (Å²) in [6, 6.07) is 8.78. The fraction of sp³-hybridized carbons (Fsp3) is 0.190. The Balaban J connectivity index is 1.46. The molecule has 0 atom stereocenters. The van der Waals surface area contributed by atoms with Crippen LogP contribution in [0.25, 0.3) is 20.8 Å². The molecule has 1 aromatic carbocycles. The summed E-state index contributed by atoms with van der Waals surface area (Å²) in [5.74, 6) is 0.874. The highest BCUT2D eigenvalue weighted by atomic mass is 35.5. The van der Waals surface area contributed by atoms with Crippen LogP contribution < -0.4 is 5.32 Å². The smallest absolute Gasteiger partial charge is 0.272 e. The number of thiazole rings is 1. The Hall–Kier alpha value is -2.85. The Labute approximate surface area is 197 Å². The summed E-state index contributed by atoms with van der Waals surface area (Å²) in [5.41, 5.74) is 1.74. The molecule has 1 amide bonds. The van der Waals surface area contributed by atoms with Crippen LogP contribution in [0.4, 0.5) is 11.6 Å². The van der Waals surface area contributed by atoms with E-state index in [9.17, 15) is 4.79 Å². The minimum absolute atomic E-state index is 0.154. The molecule has 162 valence electrons. The molecule has 0 bridgehead atoms. The van der Waals surface area contributed by atoms with E-state index in [4.69, 9.17) is 27.9 Å². The highest BCUT2D eigenvalue weighted by Gasteiger charge is 2.21. The lowest BCUT2D eigenvalue weighted by Crippen LogP contribution is -2.41. The predicted octanol–water partition coefficient (Wildman–Crippen LogP) is 4.67. The van der Waals surface area contributed by atoms with Crippen molar-refractivity contribution in [3.05, 3.63) is 58.6 Å². The molecule has 3 aromatic heterocycles. The van der Waals surface area contributed by atoms with E-state index >= 15 is 0 Å². The van der Waals surface area contributed by atoms with Gasteiger partial charge in [-0.3, -0.25) is 4.79 Å². The number of fused-ring (bicyclic) bond motifs is 1. The molecule has 1 saturated heterocycles. The van der Waals surface area contributed by atoms with Crippen molar-refractivity contribution < 1.29 is 9.53 Å². The molecule has 8 nitrogen and oxygen atoms in total. The fourth-order valence-corrected chi connectivity index (χ4v) is 5.11. The molecule has 1 N–H and O–H groups in total. The van der Waals surface area contributed by atoms with Gasteiger partial charge in [-0.25, -0.2) is 19.9 Å². The zero-order valence-electron chi connectivity index (χ0n) is 16.6. The van der Waals surface area contributed by atoms with Crippen LogP contribution >= 0.6 is 34.5 Å². The molecule has 1 aliphatic rings. The fourth-order valence-electron chi connectivity index (χ4n) is 3.35. The van der Waals surface area contributed by atoms with Crippen molar-refractivity contribution >= 4 is 62.3 Å². The Morgan fingerprint density at radius 1 is 1.09 bits per heavy atom. The van der Waals surface area contributed by atoms with Gasteiger partial charge in [0.05, 0.1) is 33.5 Å². The van der Waals surface area contributed by atoms with Gasteiger partial charge in [0.1, 0.15) is 22.8 Å². The average Bonchev–Trinajstić information content (AvgIpc) is 3.24. The van der Waals surface area contributed by atoms with E-state index in [2.05, 4.69) is 25.3 Å². The second-order valence-electron chi connectivity index (χ2n) is 6.94. The molecule has 1 fully saturated rings. The Kier molecular flexibility index (Phi) is 5.88.